The average Bonchev–Trinajstić information content (AvgIpc) is 2.78. The summed E-state index contributed by atoms with van der Waals surface area (Å²) in [6, 6.07) is 18.9. The number of rotatable bonds is 9. The molecule has 0 bridgehead atoms. The zero-order valence-electron chi connectivity index (χ0n) is 18.5. The van der Waals surface area contributed by atoms with Crippen LogP contribution in [0.1, 0.15) is 34.7 Å². The molecule has 0 spiro atoms. The second kappa shape index (κ2) is 10.8. The Morgan fingerprint density at radius 3 is 1.53 bits per heavy atom. The zero-order chi connectivity index (χ0) is 23.3. The fourth-order valence-corrected chi connectivity index (χ4v) is 5.32. The average molecular weight is 564 g/mol. The molecule has 0 saturated heterocycles. The minimum absolute atomic E-state index is 0.0344. The van der Waals surface area contributed by atoms with Gasteiger partial charge in [0.2, 0.25) is 0 Å². The molecule has 0 saturated carbocycles. The Morgan fingerprint density at radius 1 is 0.719 bits per heavy atom. The SMILES string of the molecule is Cc1cc(C(C)(c2ccccc2)c2cc(C)c(OCCO)c(Br)c2)cc(Br)c1OCCO. The van der Waals surface area contributed by atoms with Gasteiger partial charge in [-0.05, 0) is 92.6 Å². The molecule has 6 heteroatoms. The number of hydrogen-bond donors (Lipinski definition) is 2. The molecule has 0 fully saturated rings. The smallest absolute Gasteiger partial charge is 0.136 e. The molecule has 0 radical (unpaired) electrons. The van der Waals surface area contributed by atoms with E-state index in [1.807, 2.05) is 19.9 Å². The first-order valence-corrected chi connectivity index (χ1v) is 12.1. The minimum atomic E-state index is -0.452. The monoisotopic (exact) mass is 562 g/mol. The molecule has 170 valence electrons. The van der Waals surface area contributed by atoms with Gasteiger partial charge in [-0.25, -0.2) is 0 Å². The number of aryl methyl sites for hydroxylation is 2. The highest BCUT2D eigenvalue weighted by atomic mass is 79.9. The highest BCUT2D eigenvalue weighted by Crippen LogP contribution is 2.45. The van der Waals surface area contributed by atoms with Crippen molar-refractivity contribution in [3.63, 3.8) is 0 Å². The molecular formula is C26H28Br2O4. The molecule has 4 nitrogen and oxygen atoms in total. The molecule has 32 heavy (non-hydrogen) atoms. The molecule has 3 aromatic carbocycles. The van der Waals surface area contributed by atoms with Gasteiger partial charge in [0.15, 0.2) is 0 Å². The molecule has 0 atom stereocenters. The van der Waals surface area contributed by atoms with Crippen molar-refractivity contribution in [1.29, 1.82) is 0 Å². The molecule has 0 aliphatic carbocycles. The molecule has 2 N–H and O–H groups in total. The maximum Gasteiger partial charge on any atom is 0.136 e. The fraction of sp³-hybridized carbons (Fsp3) is 0.308. The number of halogens is 2. The summed E-state index contributed by atoms with van der Waals surface area (Å²) >= 11 is 7.35. The van der Waals surface area contributed by atoms with Crippen molar-refractivity contribution < 1.29 is 19.7 Å². The third-order valence-corrected chi connectivity index (χ3v) is 6.82. The molecule has 0 aliphatic rings. The fourth-order valence-electron chi connectivity index (χ4n) is 3.97. The molecule has 0 heterocycles. The van der Waals surface area contributed by atoms with Crippen LogP contribution in [0.25, 0.3) is 0 Å². The topological polar surface area (TPSA) is 58.9 Å². The normalized spacial score (nSPS) is 11.5. The summed E-state index contributed by atoms with van der Waals surface area (Å²) in [6.45, 7) is 6.67. The van der Waals surface area contributed by atoms with Crippen molar-refractivity contribution in [2.45, 2.75) is 26.2 Å². The van der Waals surface area contributed by atoms with Gasteiger partial charge in [0.25, 0.3) is 0 Å². The van der Waals surface area contributed by atoms with Gasteiger partial charge in [-0.3, -0.25) is 0 Å². The molecule has 3 rings (SSSR count). The standard InChI is InChI=1S/C26H28Br2O4/c1-17-13-20(15-22(27)24(17)31-11-9-29)26(3,19-7-5-4-6-8-19)21-14-18(2)25(23(28)16-21)32-12-10-30/h4-8,13-16,29-30H,9-12H2,1-3H3. The molecule has 0 unspecified atom stereocenters. The first-order valence-electron chi connectivity index (χ1n) is 10.5. The van der Waals surface area contributed by atoms with Gasteiger partial charge < -0.3 is 19.7 Å². The highest BCUT2D eigenvalue weighted by Gasteiger charge is 2.33. The van der Waals surface area contributed by atoms with Crippen LogP contribution in [0.3, 0.4) is 0 Å². The van der Waals surface area contributed by atoms with E-state index in [2.05, 4.69) is 87.3 Å². The van der Waals surface area contributed by atoms with Crippen LogP contribution in [0.2, 0.25) is 0 Å². The molecule has 0 amide bonds. The number of benzene rings is 3. The first-order chi connectivity index (χ1) is 15.3. The van der Waals surface area contributed by atoms with Gasteiger partial charge in [-0.2, -0.15) is 0 Å². The van der Waals surface area contributed by atoms with Crippen molar-refractivity contribution >= 4 is 31.9 Å². The summed E-state index contributed by atoms with van der Waals surface area (Å²) in [6.07, 6.45) is 0. The summed E-state index contributed by atoms with van der Waals surface area (Å²) < 4.78 is 13.2. The van der Waals surface area contributed by atoms with E-state index >= 15 is 0 Å². The largest absolute Gasteiger partial charge is 0.490 e. The van der Waals surface area contributed by atoms with Crippen LogP contribution >= 0.6 is 31.9 Å². The Balaban J connectivity index is 2.20. The van der Waals surface area contributed by atoms with Crippen LogP contribution in [0.4, 0.5) is 0 Å². The van der Waals surface area contributed by atoms with Crippen LogP contribution in [0.5, 0.6) is 11.5 Å². The third-order valence-electron chi connectivity index (χ3n) is 5.64. The van der Waals surface area contributed by atoms with Crippen molar-refractivity contribution in [2.75, 3.05) is 26.4 Å². The van der Waals surface area contributed by atoms with Crippen molar-refractivity contribution in [1.82, 2.24) is 0 Å². The first kappa shape index (κ1) is 24.8. The number of aliphatic hydroxyl groups is 2. The summed E-state index contributed by atoms with van der Waals surface area (Å²) in [4.78, 5) is 0. The van der Waals surface area contributed by atoms with Crippen molar-refractivity contribution in [3.05, 3.63) is 91.4 Å². The summed E-state index contributed by atoms with van der Waals surface area (Å²) in [5.74, 6) is 1.48. The Bertz CT molecular complexity index is 957. The van der Waals surface area contributed by atoms with Crippen LogP contribution in [0, 0.1) is 13.8 Å². The quantitative estimate of drug-likeness (QED) is 0.317. The Kier molecular flexibility index (Phi) is 8.39. The number of ether oxygens (including phenoxy) is 2. The second-order valence-electron chi connectivity index (χ2n) is 7.84. The molecule has 3 aromatic rings. The van der Waals surface area contributed by atoms with Crippen LogP contribution in [-0.4, -0.2) is 36.6 Å². The van der Waals surface area contributed by atoms with Crippen LogP contribution < -0.4 is 9.47 Å². The second-order valence-corrected chi connectivity index (χ2v) is 9.55. The lowest BCUT2D eigenvalue weighted by atomic mass is 9.70. The van der Waals surface area contributed by atoms with Gasteiger partial charge in [-0.1, -0.05) is 42.5 Å². The number of hydrogen-bond acceptors (Lipinski definition) is 4. The van der Waals surface area contributed by atoms with Gasteiger partial charge >= 0.3 is 0 Å². The lowest BCUT2D eigenvalue weighted by molar-refractivity contribution is 0.200. The van der Waals surface area contributed by atoms with E-state index in [0.717, 1.165) is 48.3 Å². The predicted molar refractivity (Wildman–Crippen MR) is 135 cm³/mol. The predicted octanol–water partition coefficient (Wildman–Crippen LogP) is 5.92. The molecule has 0 aromatic heterocycles. The third kappa shape index (κ3) is 5.04. The molecular weight excluding hydrogens is 536 g/mol. The van der Waals surface area contributed by atoms with Gasteiger partial charge in [-0.15, -0.1) is 0 Å². The highest BCUT2D eigenvalue weighted by molar-refractivity contribution is 9.10. The van der Waals surface area contributed by atoms with Gasteiger partial charge in [0.1, 0.15) is 24.7 Å². The van der Waals surface area contributed by atoms with E-state index in [9.17, 15) is 0 Å². The maximum atomic E-state index is 9.15. The Labute approximate surface area is 206 Å². The zero-order valence-corrected chi connectivity index (χ0v) is 21.7. The summed E-state index contributed by atoms with van der Waals surface area (Å²) in [5.41, 5.74) is 4.91. The van der Waals surface area contributed by atoms with Crippen molar-refractivity contribution in [2.24, 2.45) is 0 Å². The lowest BCUT2D eigenvalue weighted by Crippen LogP contribution is -2.26. The van der Waals surface area contributed by atoms with E-state index in [-0.39, 0.29) is 26.4 Å². The van der Waals surface area contributed by atoms with Gasteiger partial charge in [0.05, 0.1) is 22.2 Å². The lowest BCUT2D eigenvalue weighted by Gasteiger charge is -2.33. The van der Waals surface area contributed by atoms with E-state index in [4.69, 9.17) is 19.7 Å². The minimum Gasteiger partial charge on any atom is -0.490 e. The van der Waals surface area contributed by atoms with Crippen molar-refractivity contribution in [3.8, 4) is 11.5 Å². The van der Waals surface area contributed by atoms with Gasteiger partial charge in [0, 0.05) is 5.41 Å². The number of aliphatic hydroxyl groups excluding tert-OH is 2. The van der Waals surface area contributed by atoms with E-state index in [1.54, 1.807) is 0 Å². The van der Waals surface area contributed by atoms with E-state index in [1.165, 1.54) is 0 Å². The van der Waals surface area contributed by atoms with E-state index < -0.39 is 5.41 Å². The Morgan fingerprint density at radius 2 is 1.16 bits per heavy atom. The van der Waals surface area contributed by atoms with Crippen LogP contribution in [0.15, 0.2) is 63.5 Å². The summed E-state index contributed by atoms with van der Waals surface area (Å²) in [7, 11) is 0. The van der Waals surface area contributed by atoms with Crippen LogP contribution in [-0.2, 0) is 5.41 Å². The summed E-state index contributed by atoms with van der Waals surface area (Å²) in [5, 5.41) is 18.3. The van der Waals surface area contributed by atoms with E-state index in [0.29, 0.717) is 0 Å². The maximum absolute atomic E-state index is 9.15. The Hall–Kier alpha value is -1.86. The molecule has 0 aliphatic heterocycles.